The van der Waals surface area contributed by atoms with E-state index in [0.29, 0.717) is 15.8 Å². The van der Waals surface area contributed by atoms with E-state index in [9.17, 15) is 45.8 Å². The van der Waals surface area contributed by atoms with Crippen LogP contribution in [0.1, 0.15) is 77.9 Å². The molecule has 0 bridgehead atoms. The molecule has 45 heavy (non-hydrogen) atoms. The number of amides is 1. The number of carboxylic acid groups (broad SMARTS) is 1. The number of carboxylic acids is 1. The van der Waals surface area contributed by atoms with Crippen molar-refractivity contribution in [2.75, 3.05) is 11.4 Å². The van der Waals surface area contributed by atoms with Gasteiger partial charge in [-0.05, 0) is 61.8 Å². The third kappa shape index (κ3) is 6.15. The highest BCUT2D eigenvalue weighted by Gasteiger charge is 2.45. The van der Waals surface area contributed by atoms with Crippen LogP contribution in [0.5, 0.6) is 5.75 Å². The van der Waals surface area contributed by atoms with Gasteiger partial charge in [0.2, 0.25) is 15.9 Å². The number of sulfonamides is 1. The van der Waals surface area contributed by atoms with Crippen molar-refractivity contribution in [3.63, 3.8) is 0 Å². The SMILES string of the molecule is Cc1c(F)c(F)c(S(=O)(=O)N2CCC[C@@H]2C(=O)N(Cc2ccc(C3CCCCC3)cc2)c2ccc(C(=O)O)c(O)c2)c(F)c1F. The fourth-order valence-electron chi connectivity index (χ4n) is 6.20. The lowest BCUT2D eigenvalue weighted by molar-refractivity contribution is -0.121. The zero-order chi connectivity index (χ0) is 32.6. The van der Waals surface area contributed by atoms with E-state index in [1.807, 2.05) is 24.3 Å². The first-order chi connectivity index (χ1) is 21.3. The first-order valence-electron chi connectivity index (χ1n) is 14.6. The number of aromatic hydroxyl groups is 1. The molecule has 5 rings (SSSR count). The predicted octanol–water partition coefficient (Wildman–Crippen LogP) is 6.39. The van der Waals surface area contributed by atoms with Gasteiger partial charge in [0.1, 0.15) is 17.4 Å². The maximum atomic E-state index is 14.8. The topological polar surface area (TPSA) is 115 Å². The summed E-state index contributed by atoms with van der Waals surface area (Å²) >= 11 is 0. The Morgan fingerprint density at radius 2 is 1.51 bits per heavy atom. The van der Waals surface area contributed by atoms with Crippen LogP contribution in [0, 0.1) is 30.2 Å². The second-order valence-electron chi connectivity index (χ2n) is 11.5. The van der Waals surface area contributed by atoms with Gasteiger partial charge in [-0.15, -0.1) is 0 Å². The number of hydrogen-bond donors (Lipinski definition) is 2. The largest absolute Gasteiger partial charge is 0.507 e. The number of anilines is 1. The Kier molecular flexibility index (Phi) is 9.22. The number of rotatable bonds is 8. The molecule has 3 aromatic carbocycles. The van der Waals surface area contributed by atoms with Crippen molar-refractivity contribution in [2.24, 2.45) is 0 Å². The van der Waals surface area contributed by atoms with E-state index in [1.54, 1.807) is 0 Å². The molecule has 240 valence electrons. The molecule has 0 aromatic heterocycles. The summed E-state index contributed by atoms with van der Waals surface area (Å²) in [7, 11) is -5.26. The summed E-state index contributed by atoms with van der Waals surface area (Å²) < 4.78 is 86.0. The van der Waals surface area contributed by atoms with E-state index in [-0.39, 0.29) is 31.6 Å². The Morgan fingerprint density at radius 3 is 2.09 bits per heavy atom. The van der Waals surface area contributed by atoms with Crippen molar-refractivity contribution >= 4 is 27.6 Å². The van der Waals surface area contributed by atoms with Crippen molar-refractivity contribution in [1.82, 2.24) is 4.31 Å². The summed E-state index contributed by atoms with van der Waals surface area (Å²) in [4.78, 5) is 24.9. The average molecular weight is 649 g/mol. The first-order valence-corrected chi connectivity index (χ1v) is 16.1. The molecule has 1 saturated carbocycles. The van der Waals surface area contributed by atoms with Gasteiger partial charge in [-0.2, -0.15) is 4.31 Å². The molecule has 1 aliphatic carbocycles. The Hall–Kier alpha value is -3.97. The molecule has 2 N–H and O–H groups in total. The quantitative estimate of drug-likeness (QED) is 0.216. The van der Waals surface area contributed by atoms with Crippen molar-refractivity contribution < 1.29 is 45.8 Å². The molecule has 1 atom stereocenters. The van der Waals surface area contributed by atoms with Crippen LogP contribution in [0.2, 0.25) is 0 Å². The number of carbonyl (C=O) groups is 2. The van der Waals surface area contributed by atoms with E-state index in [0.717, 1.165) is 55.2 Å². The van der Waals surface area contributed by atoms with Crippen LogP contribution in [0.15, 0.2) is 47.4 Å². The summed E-state index contributed by atoms with van der Waals surface area (Å²) in [5.41, 5.74) is 0.366. The number of halogens is 4. The zero-order valence-corrected chi connectivity index (χ0v) is 25.2. The second-order valence-corrected chi connectivity index (χ2v) is 13.3. The highest BCUT2D eigenvalue weighted by molar-refractivity contribution is 7.89. The van der Waals surface area contributed by atoms with Crippen molar-refractivity contribution in [1.29, 1.82) is 0 Å². The number of carbonyl (C=O) groups excluding carboxylic acids is 1. The van der Waals surface area contributed by atoms with Gasteiger partial charge in [0.05, 0.1) is 6.54 Å². The molecule has 3 aromatic rings. The molecule has 0 spiro atoms. The van der Waals surface area contributed by atoms with Crippen LogP contribution in [0.25, 0.3) is 0 Å². The van der Waals surface area contributed by atoms with Crippen LogP contribution >= 0.6 is 0 Å². The van der Waals surface area contributed by atoms with E-state index < -0.39 is 73.0 Å². The number of aromatic carboxylic acids is 1. The lowest BCUT2D eigenvalue weighted by Crippen LogP contribution is -2.48. The number of phenols is 1. The van der Waals surface area contributed by atoms with Crippen LogP contribution in [0.3, 0.4) is 0 Å². The fourth-order valence-corrected chi connectivity index (χ4v) is 7.97. The Labute approximate surface area is 257 Å². The Balaban J connectivity index is 1.52. The maximum Gasteiger partial charge on any atom is 0.339 e. The highest BCUT2D eigenvalue weighted by Crippen LogP contribution is 2.36. The van der Waals surface area contributed by atoms with Crippen LogP contribution in [-0.4, -0.2) is 47.4 Å². The third-order valence-electron chi connectivity index (χ3n) is 8.68. The van der Waals surface area contributed by atoms with Gasteiger partial charge in [0.15, 0.2) is 28.2 Å². The summed E-state index contributed by atoms with van der Waals surface area (Å²) in [6, 6.07) is 9.44. The summed E-state index contributed by atoms with van der Waals surface area (Å²) in [6.07, 6.45) is 5.64. The van der Waals surface area contributed by atoms with E-state index in [4.69, 9.17) is 0 Å². The minimum absolute atomic E-state index is 0.0351. The predicted molar refractivity (Wildman–Crippen MR) is 156 cm³/mol. The summed E-state index contributed by atoms with van der Waals surface area (Å²) in [6.45, 7) is 0.276. The molecule has 2 fully saturated rings. The molecule has 1 amide bonds. The van der Waals surface area contributed by atoms with Gasteiger partial charge < -0.3 is 15.1 Å². The van der Waals surface area contributed by atoms with Crippen molar-refractivity contribution in [3.8, 4) is 5.75 Å². The van der Waals surface area contributed by atoms with Crippen molar-refractivity contribution in [2.45, 2.75) is 75.3 Å². The van der Waals surface area contributed by atoms with Gasteiger partial charge in [-0.25, -0.2) is 30.8 Å². The van der Waals surface area contributed by atoms with Crippen LogP contribution < -0.4 is 4.90 Å². The fraction of sp³-hybridized carbons (Fsp3) is 0.375. The number of benzene rings is 3. The molecule has 0 unspecified atom stereocenters. The minimum Gasteiger partial charge on any atom is -0.507 e. The average Bonchev–Trinajstić information content (AvgIpc) is 3.53. The maximum absolute atomic E-state index is 14.8. The standard InChI is InChI=1S/C32H32F4N2O6S/c1-18-26(33)28(35)30(29(36)27(18)34)45(43,44)38-15-5-8-24(38)31(40)37(22-13-14-23(32(41)42)25(39)16-22)17-19-9-11-21(12-10-19)20-6-3-2-4-7-20/h9-14,16,20,24,39H,2-8,15,17H2,1H3,(H,41,42)/t24-/m1/s1. The smallest absolute Gasteiger partial charge is 0.339 e. The van der Waals surface area contributed by atoms with Crippen LogP contribution in [0.4, 0.5) is 23.2 Å². The van der Waals surface area contributed by atoms with E-state index in [1.165, 1.54) is 12.5 Å². The number of hydrogen-bond acceptors (Lipinski definition) is 5. The van der Waals surface area contributed by atoms with E-state index >= 15 is 0 Å². The lowest BCUT2D eigenvalue weighted by atomic mass is 9.84. The van der Waals surface area contributed by atoms with Gasteiger partial charge in [-0.3, -0.25) is 4.79 Å². The first kappa shape index (κ1) is 32.4. The molecular formula is C32H32F4N2O6S. The Bertz CT molecular complexity index is 1710. The monoisotopic (exact) mass is 648 g/mol. The molecule has 13 heteroatoms. The normalized spacial score (nSPS) is 17.8. The van der Waals surface area contributed by atoms with Crippen molar-refractivity contribution in [3.05, 3.63) is 88.0 Å². The molecule has 2 aliphatic rings. The molecule has 8 nitrogen and oxygen atoms in total. The van der Waals surface area contributed by atoms with Gasteiger partial charge in [0.25, 0.3) is 0 Å². The molecular weight excluding hydrogens is 616 g/mol. The van der Waals surface area contributed by atoms with Gasteiger partial charge in [-0.1, -0.05) is 43.5 Å². The van der Waals surface area contributed by atoms with Crippen LogP contribution in [-0.2, 0) is 21.4 Å². The van der Waals surface area contributed by atoms with E-state index in [2.05, 4.69) is 0 Å². The minimum atomic E-state index is -5.26. The van der Waals surface area contributed by atoms with Gasteiger partial charge in [0, 0.05) is 23.9 Å². The third-order valence-corrected chi connectivity index (χ3v) is 10.6. The molecule has 1 saturated heterocycles. The highest BCUT2D eigenvalue weighted by atomic mass is 32.2. The lowest BCUT2D eigenvalue weighted by Gasteiger charge is -2.30. The second kappa shape index (κ2) is 12.8. The summed E-state index contributed by atoms with van der Waals surface area (Å²) in [5, 5.41) is 19.7. The summed E-state index contributed by atoms with van der Waals surface area (Å²) in [5.74, 6) is -10.4. The Morgan fingerprint density at radius 1 is 0.889 bits per heavy atom. The molecule has 1 heterocycles. The molecule has 1 aliphatic heterocycles. The molecule has 0 radical (unpaired) electrons. The zero-order valence-electron chi connectivity index (χ0n) is 24.4. The van der Waals surface area contributed by atoms with Gasteiger partial charge >= 0.3 is 5.97 Å². The number of nitrogens with zero attached hydrogens (tertiary/aromatic N) is 2.